The summed E-state index contributed by atoms with van der Waals surface area (Å²) in [5, 5.41) is 6.89. The molecule has 16 heavy (non-hydrogen) atoms. The molecular formula is C12H15NO2S. The third-order valence-corrected chi connectivity index (χ3v) is 2.96. The van der Waals surface area contributed by atoms with Crippen molar-refractivity contribution < 1.29 is 8.42 Å². The molecule has 0 atom stereocenters. The Morgan fingerprint density at radius 2 is 1.50 bits per heavy atom. The summed E-state index contributed by atoms with van der Waals surface area (Å²) in [5.41, 5.74) is 0. The molecule has 3 nitrogen and oxygen atoms in total. The van der Waals surface area contributed by atoms with Crippen molar-refractivity contribution in [1.82, 2.24) is 0 Å². The van der Waals surface area contributed by atoms with Crippen LogP contribution in [0.5, 0.6) is 0 Å². The molecule has 0 aliphatic rings. The van der Waals surface area contributed by atoms with Gasteiger partial charge in [0.2, 0.25) is 10.0 Å². The topological polar surface area (TPSA) is 60.2 Å². The van der Waals surface area contributed by atoms with E-state index in [1.54, 1.807) is 12.1 Å². The van der Waals surface area contributed by atoms with E-state index in [0.29, 0.717) is 0 Å². The third-order valence-electron chi connectivity index (χ3n) is 2.05. The van der Waals surface area contributed by atoms with Gasteiger partial charge in [-0.1, -0.05) is 44.2 Å². The van der Waals surface area contributed by atoms with E-state index in [1.165, 1.54) is 6.07 Å². The van der Waals surface area contributed by atoms with Crippen molar-refractivity contribution in [3.63, 3.8) is 0 Å². The van der Waals surface area contributed by atoms with Gasteiger partial charge in [0.05, 0.1) is 4.90 Å². The normalized spacial score (nSPS) is 10.7. The van der Waals surface area contributed by atoms with Gasteiger partial charge in [-0.05, 0) is 22.9 Å². The summed E-state index contributed by atoms with van der Waals surface area (Å²) < 4.78 is 22.1. The lowest BCUT2D eigenvalue weighted by Gasteiger charge is -2.00. The Labute approximate surface area is 95.9 Å². The van der Waals surface area contributed by atoms with E-state index in [0.717, 1.165) is 10.8 Å². The largest absolute Gasteiger partial charge is 0.238 e. The second-order valence-electron chi connectivity index (χ2n) is 3.05. The summed E-state index contributed by atoms with van der Waals surface area (Å²) in [7, 11) is -3.59. The maximum atomic E-state index is 11.1. The zero-order valence-electron chi connectivity index (χ0n) is 9.34. The molecule has 0 aliphatic carbocycles. The summed E-state index contributed by atoms with van der Waals surface area (Å²) in [6.45, 7) is 4.00. The third kappa shape index (κ3) is 2.81. The average Bonchev–Trinajstić information content (AvgIpc) is 2.30. The highest BCUT2D eigenvalue weighted by atomic mass is 32.2. The van der Waals surface area contributed by atoms with Gasteiger partial charge < -0.3 is 0 Å². The highest BCUT2D eigenvalue weighted by molar-refractivity contribution is 7.89. The molecule has 0 unspecified atom stereocenters. The average molecular weight is 237 g/mol. The fourth-order valence-electron chi connectivity index (χ4n) is 1.34. The van der Waals surface area contributed by atoms with Gasteiger partial charge in [0.15, 0.2) is 0 Å². The monoisotopic (exact) mass is 237 g/mol. The Kier molecular flexibility index (Phi) is 4.04. The minimum absolute atomic E-state index is 0.149. The van der Waals surface area contributed by atoms with Crippen LogP contribution in [-0.4, -0.2) is 8.42 Å². The van der Waals surface area contributed by atoms with Crippen LogP contribution >= 0.6 is 0 Å². The first-order chi connectivity index (χ1) is 7.57. The Morgan fingerprint density at radius 3 is 2.06 bits per heavy atom. The Morgan fingerprint density at radius 1 is 0.938 bits per heavy atom. The molecule has 86 valence electrons. The first-order valence-corrected chi connectivity index (χ1v) is 6.63. The molecule has 0 saturated carbocycles. The standard InChI is InChI=1S/C10H9NO2S.C2H6/c11-14(12,13)10-6-5-8-3-1-2-4-9(8)7-10;1-2/h1-7H,(H2,11,12,13);1-2H3. The molecule has 0 bridgehead atoms. The molecule has 2 rings (SSSR count). The molecule has 2 N–H and O–H groups in total. The maximum Gasteiger partial charge on any atom is 0.238 e. The number of benzene rings is 2. The van der Waals surface area contributed by atoms with Crippen LogP contribution in [0.2, 0.25) is 0 Å². The molecule has 0 aliphatic heterocycles. The van der Waals surface area contributed by atoms with Crippen LogP contribution in [0.1, 0.15) is 13.8 Å². The first-order valence-electron chi connectivity index (χ1n) is 5.09. The summed E-state index contributed by atoms with van der Waals surface area (Å²) in [6, 6.07) is 12.4. The van der Waals surface area contributed by atoms with Gasteiger partial charge in [-0.3, -0.25) is 0 Å². The number of hydrogen-bond acceptors (Lipinski definition) is 2. The predicted octanol–water partition coefficient (Wildman–Crippen LogP) is 2.51. The smallest absolute Gasteiger partial charge is 0.225 e. The van der Waals surface area contributed by atoms with E-state index >= 15 is 0 Å². The SMILES string of the molecule is CC.NS(=O)(=O)c1ccc2ccccc2c1. The van der Waals surface area contributed by atoms with Gasteiger partial charge in [0, 0.05) is 0 Å². The molecular weight excluding hydrogens is 222 g/mol. The van der Waals surface area contributed by atoms with Crippen LogP contribution in [0.3, 0.4) is 0 Å². The summed E-state index contributed by atoms with van der Waals surface area (Å²) >= 11 is 0. The molecule has 0 spiro atoms. The molecule has 0 saturated heterocycles. The maximum absolute atomic E-state index is 11.1. The van der Waals surface area contributed by atoms with E-state index in [4.69, 9.17) is 5.14 Å². The van der Waals surface area contributed by atoms with Crippen LogP contribution in [0.15, 0.2) is 47.4 Å². The van der Waals surface area contributed by atoms with Crippen LogP contribution < -0.4 is 5.14 Å². The number of hydrogen-bond donors (Lipinski definition) is 1. The lowest BCUT2D eigenvalue weighted by Crippen LogP contribution is -2.11. The Bertz CT molecular complexity index is 576. The van der Waals surface area contributed by atoms with Gasteiger partial charge >= 0.3 is 0 Å². The molecule has 0 amide bonds. The van der Waals surface area contributed by atoms with Crippen molar-refractivity contribution in [3.05, 3.63) is 42.5 Å². The van der Waals surface area contributed by atoms with Crippen LogP contribution in [-0.2, 0) is 10.0 Å². The second kappa shape index (κ2) is 5.09. The molecule has 2 aromatic rings. The van der Waals surface area contributed by atoms with E-state index in [1.807, 2.05) is 38.1 Å². The Hall–Kier alpha value is -1.39. The van der Waals surface area contributed by atoms with Crippen molar-refractivity contribution >= 4 is 20.8 Å². The molecule has 4 heteroatoms. The summed E-state index contributed by atoms with van der Waals surface area (Å²) in [4.78, 5) is 0.149. The van der Waals surface area contributed by atoms with Crippen molar-refractivity contribution in [2.75, 3.05) is 0 Å². The van der Waals surface area contributed by atoms with Gasteiger partial charge in [-0.15, -0.1) is 0 Å². The molecule has 0 heterocycles. The van der Waals surface area contributed by atoms with E-state index in [9.17, 15) is 8.42 Å². The predicted molar refractivity (Wildman–Crippen MR) is 66.7 cm³/mol. The van der Waals surface area contributed by atoms with Crippen LogP contribution in [0, 0.1) is 0 Å². The van der Waals surface area contributed by atoms with Crippen LogP contribution in [0.4, 0.5) is 0 Å². The fourth-order valence-corrected chi connectivity index (χ4v) is 1.89. The van der Waals surface area contributed by atoms with E-state index < -0.39 is 10.0 Å². The van der Waals surface area contributed by atoms with Crippen LogP contribution in [0.25, 0.3) is 10.8 Å². The quantitative estimate of drug-likeness (QED) is 0.828. The number of sulfonamides is 1. The summed E-state index contributed by atoms with van der Waals surface area (Å²) in [6.07, 6.45) is 0. The van der Waals surface area contributed by atoms with Crippen molar-refractivity contribution in [1.29, 1.82) is 0 Å². The second-order valence-corrected chi connectivity index (χ2v) is 4.62. The highest BCUT2D eigenvalue weighted by Crippen LogP contribution is 2.17. The summed E-state index contributed by atoms with van der Waals surface area (Å²) in [5.74, 6) is 0. The lowest BCUT2D eigenvalue weighted by atomic mass is 10.1. The number of primary sulfonamides is 1. The minimum Gasteiger partial charge on any atom is -0.225 e. The first kappa shape index (κ1) is 12.7. The van der Waals surface area contributed by atoms with Gasteiger partial charge in [0.25, 0.3) is 0 Å². The van der Waals surface area contributed by atoms with Crippen molar-refractivity contribution in [2.45, 2.75) is 18.7 Å². The van der Waals surface area contributed by atoms with Gasteiger partial charge in [-0.2, -0.15) is 0 Å². The fraction of sp³-hybridized carbons (Fsp3) is 0.167. The molecule has 0 radical (unpaired) electrons. The number of rotatable bonds is 1. The minimum atomic E-state index is -3.59. The van der Waals surface area contributed by atoms with Crippen molar-refractivity contribution in [2.24, 2.45) is 5.14 Å². The number of nitrogens with two attached hydrogens (primary N) is 1. The highest BCUT2D eigenvalue weighted by Gasteiger charge is 2.07. The molecule has 0 fully saturated rings. The van der Waals surface area contributed by atoms with Crippen molar-refractivity contribution in [3.8, 4) is 0 Å². The zero-order chi connectivity index (χ0) is 12.2. The van der Waals surface area contributed by atoms with Gasteiger partial charge in [0.1, 0.15) is 0 Å². The molecule has 0 aromatic heterocycles. The molecule has 2 aromatic carbocycles. The van der Waals surface area contributed by atoms with E-state index in [2.05, 4.69) is 0 Å². The lowest BCUT2D eigenvalue weighted by molar-refractivity contribution is 0.598. The zero-order valence-corrected chi connectivity index (χ0v) is 10.2. The Balaban J connectivity index is 0.000000606. The number of fused-ring (bicyclic) bond motifs is 1. The van der Waals surface area contributed by atoms with Gasteiger partial charge in [-0.25, -0.2) is 13.6 Å². The van der Waals surface area contributed by atoms with E-state index in [-0.39, 0.29) is 4.90 Å².